The van der Waals surface area contributed by atoms with Crippen LogP contribution in [0, 0.1) is 6.92 Å². The number of hydrogen-bond donors (Lipinski definition) is 0. The first-order valence-electron chi connectivity index (χ1n) is 5.96. The van der Waals surface area contributed by atoms with Crippen LogP contribution >= 0.6 is 11.8 Å². The molecule has 0 aliphatic rings. The normalized spacial score (nSPS) is 10.1. The summed E-state index contributed by atoms with van der Waals surface area (Å²) in [5.41, 5.74) is 1.62. The van der Waals surface area contributed by atoms with Crippen molar-refractivity contribution in [3.05, 3.63) is 29.3 Å². The van der Waals surface area contributed by atoms with Gasteiger partial charge in [-0.05, 0) is 30.9 Å². The number of benzene rings is 1. The zero-order chi connectivity index (χ0) is 14.4. The van der Waals surface area contributed by atoms with Crippen molar-refractivity contribution in [3.8, 4) is 0 Å². The van der Waals surface area contributed by atoms with E-state index in [2.05, 4.69) is 4.74 Å². The number of nitrogens with zero attached hydrogens (tertiary/aromatic N) is 1. The van der Waals surface area contributed by atoms with Crippen molar-refractivity contribution >= 4 is 23.6 Å². The molecule has 1 rings (SSSR count). The summed E-state index contributed by atoms with van der Waals surface area (Å²) < 4.78 is 4.57. The number of carbonyl (C=O) groups is 2. The van der Waals surface area contributed by atoms with Crippen LogP contribution in [-0.2, 0) is 9.53 Å². The summed E-state index contributed by atoms with van der Waals surface area (Å²) in [6.45, 7) is 2.26. The van der Waals surface area contributed by atoms with Crippen LogP contribution in [0.5, 0.6) is 0 Å². The number of amides is 1. The molecule has 5 heteroatoms. The highest BCUT2D eigenvalue weighted by Crippen LogP contribution is 2.20. The van der Waals surface area contributed by atoms with Gasteiger partial charge in [-0.25, -0.2) is 0 Å². The van der Waals surface area contributed by atoms with Gasteiger partial charge in [0.2, 0.25) is 0 Å². The van der Waals surface area contributed by atoms with E-state index in [0.717, 1.165) is 10.5 Å². The first-order valence-corrected chi connectivity index (χ1v) is 7.19. The maximum atomic E-state index is 12.3. The highest BCUT2D eigenvalue weighted by atomic mass is 32.2. The molecule has 0 N–H and O–H groups in total. The number of aryl methyl sites for hydroxylation is 1. The number of rotatable bonds is 5. The van der Waals surface area contributed by atoms with E-state index < -0.39 is 0 Å². The highest BCUT2D eigenvalue weighted by molar-refractivity contribution is 7.98. The first-order chi connectivity index (χ1) is 8.99. The quantitative estimate of drug-likeness (QED) is 0.614. The highest BCUT2D eigenvalue weighted by Gasteiger charge is 2.15. The topological polar surface area (TPSA) is 46.6 Å². The van der Waals surface area contributed by atoms with Gasteiger partial charge in [0.15, 0.2) is 0 Å². The molecule has 0 heterocycles. The maximum absolute atomic E-state index is 12.3. The molecule has 0 atom stereocenters. The average Bonchev–Trinajstić information content (AvgIpc) is 2.44. The molecule has 0 spiro atoms. The molecule has 0 aromatic heterocycles. The molecular weight excluding hydrogens is 262 g/mol. The third kappa shape index (κ3) is 4.28. The van der Waals surface area contributed by atoms with E-state index in [1.54, 1.807) is 23.7 Å². The van der Waals surface area contributed by atoms with Crippen LogP contribution in [0.25, 0.3) is 0 Å². The minimum absolute atomic E-state index is 0.0719. The average molecular weight is 281 g/mol. The second kappa shape index (κ2) is 7.19. The molecule has 4 nitrogen and oxygen atoms in total. The standard InChI is InChI=1S/C14H19NO3S/c1-10-5-6-11(19-4)9-12(10)14(17)15(2)8-7-13(16)18-3/h5-6,9H,7-8H2,1-4H3. The number of thioether (sulfide) groups is 1. The Balaban J connectivity index is 2.78. The fourth-order valence-corrected chi connectivity index (χ4v) is 2.07. The van der Waals surface area contributed by atoms with E-state index >= 15 is 0 Å². The Bertz CT molecular complexity index is 474. The number of carbonyl (C=O) groups excluding carboxylic acids is 2. The molecule has 19 heavy (non-hydrogen) atoms. The Kier molecular flexibility index (Phi) is 5.89. The fraction of sp³-hybridized carbons (Fsp3) is 0.429. The van der Waals surface area contributed by atoms with E-state index in [1.165, 1.54) is 7.11 Å². The Morgan fingerprint density at radius 2 is 2.05 bits per heavy atom. The third-order valence-electron chi connectivity index (χ3n) is 2.90. The molecule has 1 aromatic rings. The van der Waals surface area contributed by atoms with Gasteiger partial charge in [0.05, 0.1) is 13.5 Å². The monoisotopic (exact) mass is 281 g/mol. The van der Waals surface area contributed by atoms with Gasteiger partial charge in [-0.3, -0.25) is 9.59 Å². The predicted octanol–water partition coefficient (Wildman–Crippen LogP) is 2.35. The lowest BCUT2D eigenvalue weighted by Gasteiger charge is -2.18. The number of esters is 1. The minimum atomic E-state index is -0.311. The van der Waals surface area contributed by atoms with Crippen molar-refractivity contribution in [3.63, 3.8) is 0 Å². The number of methoxy groups -OCH3 is 1. The van der Waals surface area contributed by atoms with Gasteiger partial charge in [-0.15, -0.1) is 11.8 Å². The van der Waals surface area contributed by atoms with Gasteiger partial charge >= 0.3 is 5.97 Å². The summed E-state index contributed by atoms with van der Waals surface area (Å²) in [6, 6.07) is 5.81. The number of hydrogen-bond acceptors (Lipinski definition) is 4. The zero-order valence-electron chi connectivity index (χ0n) is 11.7. The smallest absolute Gasteiger partial charge is 0.307 e. The third-order valence-corrected chi connectivity index (χ3v) is 3.63. The summed E-state index contributed by atoms with van der Waals surface area (Å²) >= 11 is 1.60. The Morgan fingerprint density at radius 1 is 1.37 bits per heavy atom. The molecule has 0 saturated carbocycles. The fourth-order valence-electron chi connectivity index (χ4n) is 1.63. The molecule has 0 saturated heterocycles. The SMILES string of the molecule is COC(=O)CCN(C)C(=O)c1cc(SC)ccc1C. The number of ether oxygens (including phenoxy) is 1. The Hall–Kier alpha value is -1.49. The van der Waals surface area contributed by atoms with Crippen LogP contribution in [-0.4, -0.2) is 43.7 Å². The second-order valence-corrected chi connectivity index (χ2v) is 5.11. The van der Waals surface area contributed by atoms with Crippen LogP contribution in [0.15, 0.2) is 23.1 Å². The van der Waals surface area contributed by atoms with Crippen molar-refractivity contribution in [1.29, 1.82) is 0 Å². The van der Waals surface area contributed by atoms with Gasteiger partial charge in [-0.1, -0.05) is 6.07 Å². The van der Waals surface area contributed by atoms with Gasteiger partial charge in [0.1, 0.15) is 0 Å². The Labute approximate surface area is 118 Å². The lowest BCUT2D eigenvalue weighted by molar-refractivity contribution is -0.140. The predicted molar refractivity (Wildman–Crippen MR) is 76.6 cm³/mol. The van der Waals surface area contributed by atoms with E-state index in [0.29, 0.717) is 12.1 Å². The van der Waals surface area contributed by atoms with Crippen molar-refractivity contribution in [2.24, 2.45) is 0 Å². The van der Waals surface area contributed by atoms with Crippen LogP contribution < -0.4 is 0 Å². The summed E-state index contributed by atoms with van der Waals surface area (Å²) in [6.07, 6.45) is 2.18. The molecule has 104 valence electrons. The van der Waals surface area contributed by atoms with E-state index in [4.69, 9.17) is 0 Å². The summed E-state index contributed by atoms with van der Waals surface area (Å²) in [5.74, 6) is -0.383. The molecule has 1 aromatic carbocycles. The van der Waals surface area contributed by atoms with Crippen LogP contribution in [0.2, 0.25) is 0 Å². The van der Waals surface area contributed by atoms with Crippen LogP contribution in [0.3, 0.4) is 0 Å². The van der Waals surface area contributed by atoms with Gasteiger partial charge < -0.3 is 9.64 Å². The lowest BCUT2D eigenvalue weighted by atomic mass is 10.1. The van der Waals surface area contributed by atoms with Crippen LogP contribution in [0.4, 0.5) is 0 Å². The molecule has 0 unspecified atom stereocenters. The minimum Gasteiger partial charge on any atom is -0.469 e. The van der Waals surface area contributed by atoms with Crippen molar-refractivity contribution < 1.29 is 14.3 Å². The van der Waals surface area contributed by atoms with Crippen LogP contribution in [0.1, 0.15) is 22.3 Å². The zero-order valence-corrected chi connectivity index (χ0v) is 12.5. The molecular formula is C14H19NO3S. The van der Waals surface area contributed by atoms with Crippen molar-refractivity contribution in [2.45, 2.75) is 18.2 Å². The molecule has 0 fully saturated rings. The Morgan fingerprint density at radius 3 is 2.63 bits per heavy atom. The molecule has 0 radical (unpaired) electrons. The van der Waals surface area contributed by atoms with Gasteiger partial charge in [0, 0.05) is 24.1 Å². The molecule has 0 aliphatic carbocycles. The molecule has 1 amide bonds. The first kappa shape index (κ1) is 15.6. The van der Waals surface area contributed by atoms with E-state index in [-0.39, 0.29) is 18.3 Å². The summed E-state index contributed by atoms with van der Waals surface area (Å²) in [4.78, 5) is 26.0. The van der Waals surface area contributed by atoms with Crippen molar-refractivity contribution in [2.75, 3.05) is 27.0 Å². The van der Waals surface area contributed by atoms with E-state index in [1.807, 2.05) is 31.4 Å². The maximum Gasteiger partial charge on any atom is 0.307 e. The lowest BCUT2D eigenvalue weighted by Crippen LogP contribution is -2.29. The van der Waals surface area contributed by atoms with Gasteiger partial charge in [0.25, 0.3) is 5.91 Å². The van der Waals surface area contributed by atoms with Gasteiger partial charge in [-0.2, -0.15) is 0 Å². The van der Waals surface area contributed by atoms with Crippen molar-refractivity contribution in [1.82, 2.24) is 4.90 Å². The molecule has 0 aliphatic heterocycles. The second-order valence-electron chi connectivity index (χ2n) is 4.23. The summed E-state index contributed by atoms with van der Waals surface area (Å²) in [7, 11) is 3.03. The summed E-state index contributed by atoms with van der Waals surface area (Å²) in [5, 5.41) is 0. The van der Waals surface area contributed by atoms with E-state index in [9.17, 15) is 9.59 Å². The largest absolute Gasteiger partial charge is 0.469 e. The molecule has 0 bridgehead atoms.